The number of alkyl halides is 4. The Morgan fingerprint density at radius 2 is 1.29 bits per heavy atom. The van der Waals surface area contributed by atoms with Gasteiger partial charge in [0.2, 0.25) is 9.04 Å². The van der Waals surface area contributed by atoms with Crippen molar-refractivity contribution in [3.8, 4) is 0 Å². The fourth-order valence-electron chi connectivity index (χ4n) is 0.486. The van der Waals surface area contributed by atoms with Gasteiger partial charge in [-0.3, -0.25) is 4.52 Å². The monoisotopic (exact) mass is 304 g/mol. The van der Waals surface area contributed by atoms with Crippen LogP contribution in [0.1, 0.15) is 13.8 Å². The topological polar surface area (TPSA) is 44.8 Å². The van der Waals surface area contributed by atoms with Crippen LogP contribution < -0.4 is 0 Å². The lowest BCUT2D eigenvalue weighted by molar-refractivity contribution is 0.0952. The third-order valence-electron chi connectivity index (χ3n) is 0.768. The highest BCUT2D eigenvalue weighted by atomic mass is 35.5. The van der Waals surface area contributed by atoms with Crippen LogP contribution in [0.25, 0.3) is 0 Å². The molecule has 4 nitrogen and oxygen atoms in total. The molecule has 86 valence electrons. The van der Waals surface area contributed by atoms with Crippen LogP contribution in [0, 0.1) is 0 Å². The third-order valence-corrected chi connectivity index (χ3v) is 3.13. The molecule has 0 heterocycles. The van der Waals surface area contributed by atoms with Crippen LogP contribution in [0.5, 0.6) is 0 Å². The van der Waals surface area contributed by atoms with Crippen molar-refractivity contribution >= 4 is 54.2 Å². The molecule has 0 N–H and O–H groups in total. The van der Waals surface area contributed by atoms with Gasteiger partial charge in [0.25, 0.3) is 0 Å². The van der Waals surface area contributed by atoms with Crippen molar-refractivity contribution in [3.05, 3.63) is 0 Å². The van der Waals surface area contributed by atoms with Crippen LogP contribution in [0.2, 0.25) is 0 Å². The maximum absolute atomic E-state index is 11.6. The first-order chi connectivity index (χ1) is 5.97. The highest BCUT2D eigenvalue weighted by molar-refractivity contribution is 7.48. The quantitative estimate of drug-likeness (QED) is 0.567. The van der Waals surface area contributed by atoms with Gasteiger partial charge in [0.1, 0.15) is 0 Å². The fourth-order valence-corrected chi connectivity index (χ4v) is 2.47. The fraction of sp³-hybridized carbons (Fsp3) is 1.00. The molecule has 0 fully saturated rings. The minimum absolute atomic E-state index is 1.08. The summed E-state index contributed by atoms with van der Waals surface area (Å²) >= 11 is 21.8. The van der Waals surface area contributed by atoms with Crippen molar-refractivity contribution in [1.82, 2.24) is 0 Å². The molecule has 0 aromatic carbocycles. The molecule has 0 rings (SSSR count). The average Bonchev–Trinajstić information content (AvgIpc) is 1.78. The van der Waals surface area contributed by atoms with Gasteiger partial charge in [-0.15, -0.1) is 0 Å². The molecule has 0 atom stereocenters. The Kier molecular flexibility index (Phi) is 5.53. The van der Waals surface area contributed by atoms with Crippen molar-refractivity contribution in [1.29, 1.82) is 0 Å². The van der Waals surface area contributed by atoms with E-state index in [2.05, 4.69) is 13.6 Å². The summed E-state index contributed by atoms with van der Waals surface area (Å²) in [6.45, 7) is 2.48. The van der Waals surface area contributed by atoms with Gasteiger partial charge < -0.3 is 0 Å². The van der Waals surface area contributed by atoms with Gasteiger partial charge in [-0.1, -0.05) is 46.4 Å². The van der Waals surface area contributed by atoms with Crippen molar-refractivity contribution in [2.45, 2.75) is 22.9 Å². The van der Waals surface area contributed by atoms with E-state index >= 15 is 0 Å². The third kappa shape index (κ3) is 7.55. The standard InChI is InChI=1S/C5H9Cl4O4P/c1-4(6,7)12-14(10,11-3)13-5(2,8)9/h1-3H3. The van der Waals surface area contributed by atoms with Gasteiger partial charge >= 0.3 is 7.82 Å². The summed E-state index contributed by atoms with van der Waals surface area (Å²) in [5, 5.41) is 0. The highest BCUT2D eigenvalue weighted by Crippen LogP contribution is 2.57. The molecule has 0 aliphatic carbocycles. The molecule has 0 bridgehead atoms. The zero-order valence-corrected chi connectivity index (χ0v) is 11.5. The summed E-state index contributed by atoms with van der Waals surface area (Å²) in [7, 11) is -2.89. The van der Waals surface area contributed by atoms with Crippen LogP contribution in [0.3, 0.4) is 0 Å². The summed E-state index contributed by atoms with van der Waals surface area (Å²) < 4.78 is 21.9. The number of rotatable bonds is 5. The normalized spacial score (nSPS) is 14.5. The van der Waals surface area contributed by atoms with Gasteiger partial charge in [0.15, 0.2) is 0 Å². The summed E-state index contributed by atoms with van der Waals surface area (Å²) in [6.07, 6.45) is 0. The van der Waals surface area contributed by atoms with Crippen LogP contribution in [-0.4, -0.2) is 16.1 Å². The molecule has 0 spiro atoms. The van der Waals surface area contributed by atoms with Crippen LogP contribution in [0.4, 0.5) is 0 Å². The van der Waals surface area contributed by atoms with Gasteiger partial charge in [-0.05, 0) is 13.8 Å². The lowest BCUT2D eigenvalue weighted by atomic mass is 10.9. The summed E-state index contributed by atoms with van der Waals surface area (Å²) in [5.41, 5.74) is 0. The van der Waals surface area contributed by atoms with Gasteiger partial charge in [0, 0.05) is 7.11 Å². The molecular weight excluding hydrogens is 297 g/mol. The number of hydrogen-bond acceptors (Lipinski definition) is 4. The van der Waals surface area contributed by atoms with E-state index in [1.165, 1.54) is 13.8 Å². The second-order valence-electron chi connectivity index (χ2n) is 2.43. The Balaban J connectivity index is 4.59. The number of hydrogen-bond donors (Lipinski definition) is 0. The first kappa shape index (κ1) is 15.3. The van der Waals surface area contributed by atoms with E-state index in [1.807, 2.05) is 0 Å². The van der Waals surface area contributed by atoms with E-state index in [4.69, 9.17) is 46.4 Å². The maximum Gasteiger partial charge on any atom is 0.479 e. The molecule has 0 aromatic rings. The van der Waals surface area contributed by atoms with Gasteiger partial charge in [-0.25, -0.2) is 13.6 Å². The highest BCUT2D eigenvalue weighted by Gasteiger charge is 2.40. The predicted molar refractivity (Wildman–Crippen MR) is 57.0 cm³/mol. The van der Waals surface area contributed by atoms with E-state index in [0.29, 0.717) is 0 Å². The number of phosphoric acid groups is 1. The van der Waals surface area contributed by atoms with Crippen LogP contribution in [0.15, 0.2) is 0 Å². The SMILES string of the molecule is COP(=O)(OC(C)(Cl)Cl)OC(C)(Cl)Cl. The molecule has 0 aliphatic heterocycles. The van der Waals surface area contributed by atoms with Gasteiger partial charge in [0.05, 0.1) is 0 Å². The van der Waals surface area contributed by atoms with Crippen molar-refractivity contribution in [3.63, 3.8) is 0 Å². The first-order valence-corrected chi connectivity index (χ1v) is 6.28. The Bertz CT molecular complexity index is 213. The lowest BCUT2D eigenvalue weighted by Gasteiger charge is -2.25. The van der Waals surface area contributed by atoms with Crippen molar-refractivity contribution in [2.75, 3.05) is 7.11 Å². The van der Waals surface area contributed by atoms with E-state index in [9.17, 15) is 4.57 Å². The zero-order valence-electron chi connectivity index (χ0n) is 7.59. The molecule has 0 aromatic heterocycles. The molecule has 0 radical (unpaired) electrons. The molecule has 0 saturated carbocycles. The maximum atomic E-state index is 11.6. The summed E-state index contributed by atoms with van der Waals surface area (Å²) in [6, 6.07) is 0. The molecule has 0 aliphatic rings. The second-order valence-corrected chi connectivity index (χ2v) is 7.32. The van der Waals surface area contributed by atoms with E-state index < -0.39 is 16.9 Å². The van der Waals surface area contributed by atoms with Crippen molar-refractivity contribution < 1.29 is 18.1 Å². The Morgan fingerprint density at radius 3 is 1.43 bits per heavy atom. The Hall–Kier alpha value is 1.27. The summed E-state index contributed by atoms with van der Waals surface area (Å²) in [4.78, 5) is 0. The molecule has 9 heteroatoms. The van der Waals surface area contributed by atoms with E-state index in [0.717, 1.165) is 7.11 Å². The zero-order chi connectivity index (χ0) is 11.6. The van der Waals surface area contributed by atoms with Gasteiger partial charge in [-0.2, -0.15) is 0 Å². The van der Waals surface area contributed by atoms with Crippen LogP contribution >= 0.6 is 54.2 Å². The summed E-state index contributed by atoms with van der Waals surface area (Å²) in [5.74, 6) is 0. The van der Waals surface area contributed by atoms with E-state index in [1.54, 1.807) is 0 Å². The molecule has 14 heavy (non-hydrogen) atoms. The number of halogens is 4. The van der Waals surface area contributed by atoms with Crippen molar-refractivity contribution in [2.24, 2.45) is 0 Å². The second kappa shape index (κ2) is 5.07. The molecular formula is C5H9Cl4O4P. The lowest BCUT2D eigenvalue weighted by Crippen LogP contribution is -2.17. The molecule has 0 saturated heterocycles. The minimum Gasteiger partial charge on any atom is -0.290 e. The Morgan fingerprint density at radius 1 is 1.00 bits per heavy atom. The Labute approximate surface area is 102 Å². The molecule has 0 amide bonds. The predicted octanol–water partition coefficient (Wildman–Crippen LogP) is 4.08. The minimum atomic E-state index is -3.97. The first-order valence-electron chi connectivity index (χ1n) is 3.30. The van der Waals surface area contributed by atoms with Crippen LogP contribution in [-0.2, 0) is 18.1 Å². The smallest absolute Gasteiger partial charge is 0.290 e. The number of phosphoric ester groups is 1. The molecule has 0 unspecified atom stereocenters. The average molecular weight is 306 g/mol. The largest absolute Gasteiger partial charge is 0.479 e. The van der Waals surface area contributed by atoms with E-state index in [-0.39, 0.29) is 0 Å².